The number of para-hydroxylation sites is 1. The van der Waals surface area contributed by atoms with E-state index in [9.17, 15) is 9.59 Å². The summed E-state index contributed by atoms with van der Waals surface area (Å²) in [6.45, 7) is 0.480. The van der Waals surface area contributed by atoms with Crippen molar-refractivity contribution in [2.45, 2.75) is 44.7 Å². The molecule has 3 aromatic rings. The van der Waals surface area contributed by atoms with E-state index >= 15 is 0 Å². The maximum absolute atomic E-state index is 13.0. The summed E-state index contributed by atoms with van der Waals surface area (Å²) in [7, 11) is 0. The Balaban J connectivity index is 1.67. The van der Waals surface area contributed by atoms with Crippen LogP contribution in [0.3, 0.4) is 0 Å². The van der Waals surface area contributed by atoms with Gasteiger partial charge in [0.15, 0.2) is 0 Å². The van der Waals surface area contributed by atoms with Crippen molar-refractivity contribution in [3.05, 3.63) is 69.8 Å². The van der Waals surface area contributed by atoms with Crippen molar-refractivity contribution in [2.75, 3.05) is 0 Å². The van der Waals surface area contributed by atoms with E-state index in [1.807, 2.05) is 53.1 Å². The summed E-state index contributed by atoms with van der Waals surface area (Å²) in [5.41, 5.74) is 2.09. The van der Waals surface area contributed by atoms with Crippen molar-refractivity contribution in [3.63, 3.8) is 0 Å². The molecule has 0 unspecified atom stereocenters. The summed E-state index contributed by atoms with van der Waals surface area (Å²) in [4.78, 5) is 25.7. The predicted molar refractivity (Wildman–Crippen MR) is 117 cm³/mol. The molecule has 1 aromatic heterocycles. The Kier molecular flexibility index (Phi) is 5.93. The number of aromatic nitrogens is 1. The number of rotatable bonds is 5. The van der Waals surface area contributed by atoms with Gasteiger partial charge in [0.05, 0.1) is 11.1 Å². The first-order valence-electron chi connectivity index (χ1n) is 9.91. The number of ketones is 1. The quantitative estimate of drug-likeness (QED) is 0.422. The number of amides is 1. The van der Waals surface area contributed by atoms with Crippen LogP contribution in [-0.4, -0.2) is 22.3 Å². The van der Waals surface area contributed by atoms with Crippen molar-refractivity contribution in [3.8, 4) is 0 Å². The maximum Gasteiger partial charge on any atom is 0.292 e. The molecule has 1 aliphatic carbocycles. The second-order valence-electron chi connectivity index (χ2n) is 7.53. The molecule has 1 amide bonds. The van der Waals surface area contributed by atoms with Crippen molar-refractivity contribution in [2.24, 2.45) is 0 Å². The number of nitrogens with zero attached hydrogens (tertiary/aromatic N) is 1. The molecule has 0 spiro atoms. The van der Waals surface area contributed by atoms with Gasteiger partial charge in [-0.15, -0.1) is 0 Å². The summed E-state index contributed by atoms with van der Waals surface area (Å²) in [5, 5.41) is 4.54. The fourth-order valence-electron chi connectivity index (χ4n) is 4.03. The van der Waals surface area contributed by atoms with Crippen LogP contribution in [0.15, 0.2) is 48.5 Å². The van der Waals surface area contributed by atoms with Gasteiger partial charge in [0.25, 0.3) is 11.7 Å². The number of halogens is 2. The molecule has 4 nitrogen and oxygen atoms in total. The van der Waals surface area contributed by atoms with E-state index in [-0.39, 0.29) is 16.8 Å². The SMILES string of the molecule is O=C(NC1CCCCC1)C(=O)c1c(Cl)n(Cc2ccc(Cl)cc2)c2ccccc12. The summed E-state index contributed by atoms with van der Waals surface area (Å²) >= 11 is 12.6. The van der Waals surface area contributed by atoms with Gasteiger partial charge >= 0.3 is 0 Å². The lowest BCUT2D eigenvalue weighted by molar-refractivity contribution is -0.117. The number of hydrogen-bond donors (Lipinski definition) is 1. The third-order valence-corrected chi connectivity index (χ3v) is 6.18. The lowest BCUT2D eigenvalue weighted by Crippen LogP contribution is -2.40. The van der Waals surface area contributed by atoms with Crippen LogP contribution in [0.2, 0.25) is 10.2 Å². The second kappa shape index (κ2) is 8.60. The van der Waals surface area contributed by atoms with Crippen molar-refractivity contribution < 1.29 is 9.59 Å². The van der Waals surface area contributed by atoms with Gasteiger partial charge in [-0.2, -0.15) is 0 Å². The molecule has 0 aliphatic heterocycles. The first-order valence-corrected chi connectivity index (χ1v) is 10.7. The lowest BCUT2D eigenvalue weighted by atomic mass is 9.95. The predicted octanol–water partition coefficient (Wildman–Crippen LogP) is 5.63. The molecule has 1 aliphatic rings. The van der Waals surface area contributed by atoms with Gasteiger partial charge in [-0.1, -0.05) is 72.8 Å². The van der Waals surface area contributed by atoms with Crippen LogP contribution in [0.1, 0.15) is 48.0 Å². The highest BCUT2D eigenvalue weighted by atomic mass is 35.5. The highest BCUT2D eigenvalue weighted by Gasteiger charge is 2.28. The lowest BCUT2D eigenvalue weighted by Gasteiger charge is -2.22. The third-order valence-electron chi connectivity index (χ3n) is 5.54. The van der Waals surface area contributed by atoms with Gasteiger partial charge in [0.1, 0.15) is 5.15 Å². The number of fused-ring (bicyclic) bond motifs is 1. The fourth-order valence-corrected chi connectivity index (χ4v) is 4.49. The van der Waals surface area contributed by atoms with Crippen LogP contribution < -0.4 is 5.32 Å². The zero-order valence-corrected chi connectivity index (χ0v) is 17.5. The molecule has 0 bridgehead atoms. The highest BCUT2D eigenvalue weighted by Crippen LogP contribution is 2.31. The summed E-state index contributed by atoms with van der Waals surface area (Å²) in [5.74, 6) is -1.15. The topological polar surface area (TPSA) is 51.1 Å². The summed E-state index contributed by atoms with van der Waals surface area (Å²) < 4.78 is 1.86. The number of carbonyl (C=O) groups is 2. The van der Waals surface area contributed by atoms with Gasteiger partial charge in [-0.3, -0.25) is 9.59 Å². The molecule has 0 saturated heterocycles. The normalized spacial score (nSPS) is 14.8. The zero-order valence-electron chi connectivity index (χ0n) is 16.0. The van der Waals surface area contributed by atoms with E-state index in [1.54, 1.807) is 0 Å². The Morgan fingerprint density at radius 1 is 0.966 bits per heavy atom. The molecule has 1 fully saturated rings. The number of nitrogens with one attached hydrogen (secondary N) is 1. The zero-order chi connectivity index (χ0) is 20.4. The number of hydrogen-bond acceptors (Lipinski definition) is 2. The van der Waals surface area contributed by atoms with Crippen molar-refractivity contribution in [1.29, 1.82) is 0 Å². The molecule has 1 saturated carbocycles. The first-order chi connectivity index (χ1) is 14.0. The standard InChI is InChI=1S/C23H22Cl2N2O2/c24-16-12-10-15(11-13-16)14-27-19-9-5-4-8-18(19)20(22(27)25)21(28)23(29)26-17-6-2-1-3-7-17/h4-5,8-13,17H,1-3,6-7,14H2,(H,26,29). The molecule has 0 radical (unpaired) electrons. The van der Waals surface area contributed by atoms with E-state index in [1.165, 1.54) is 6.42 Å². The molecule has 6 heteroatoms. The largest absolute Gasteiger partial charge is 0.346 e. The Bertz CT molecular complexity index is 1050. The minimum Gasteiger partial charge on any atom is -0.346 e. The van der Waals surface area contributed by atoms with Crippen LogP contribution >= 0.6 is 23.2 Å². The molecular formula is C23H22Cl2N2O2. The number of Topliss-reactive ketones (excluding diaryl/α,β-unsaturated/α-hetero) is 1. The summed E-state index contributed by atoms with van der Waals surface area (Å²) in [6.07, 6.45) is 5.20. The van der Waals surface area contributed by atoms with E-state index in [2.05, 4.69) is 5.32 Å². The minimum absolute atomic E-state index is 0.0707. The Hall–Kier alpha value is -2.30. The number of carbonyl (C=O) groups excluding carboxylic acids is 2. The van der Waals surface area contributed by atoms with Crippen LogP contribution in [0, 0.1) is 0 Å². The fraction of sp³-hybridized carbons (Fsp3) is 0.304. The van der Waals surface area contributed by atoms with Gasteiger partial charge < -0.3 is 9.88 Å². The second-order valence-corrected chi connectivity index (χ2v) is 8.33. The molecule has 2 aromatic carbocycles. The third kappa shape index (κ3) is 4.19. The molecule has 150 valence electrons. The first kappa shape index (κ1) is 20.0. The van der Waals surface area contributed by atoms with Crippen LogP contribution in [0.4, 0.5) is 0 Å². The van der Waals surface area contributed by atoms with Gasteiger partial charge in [0.2, 0.25) is 0 Å². The van der Waals surface area contributed by atoms with Crippen molar-refractivity contribution >= 4 is 45.8 Å². The van der Waals surface area contributed by atoms with E-state index in [4.69, 9.17) is 23.2 Å². The van der Waals surface area contributed by atoms with Crippen molar-refractivity contribution in [1.82, 2.24) is 9.88 Å². The maximum atomic E-state index is 13.0. The van der Waals surface area contributed by atoms with Crippen LogP contribution in [0.25, 0.3) is 10.9 Å². The highest BCUT2D eigenvalue weighted by molar-refractivity contribution is 6.49. The minimum atomic E-state index is -0.577. The van der Waals surface area contributed by atoms with Gasteiger partial charge in [0, 0.05) is 23.0 Å². The van der Waals surface area contributed by atoms with E-state index < -0.39 is 11.7 Å². The van der Waals surface area contributed by atoms with Crippen LogP contribution in [-0.2, 0) is 11.3 Å². The van der Waals surface area contributed by atoms with Gasteiger partial charge in [-0.05, 0) is 36.6 Å². The number of benzene rings is 2. The summed E-state index contributed by atoms with van der Waals surface area (Å²) in [6, 6.07) is 15.0. The van der Waals surface area contributed by atoms with Gasteiger partial charge in [-0.25, -0.2) is 0 Å². The molecular weight excluding hydrogens is 407 g/mol. The monoisotopic (exact) mass is 428 g/mol. The van der Waals surface area contributed by atoms with Crippen LogP contribution in [0.5, 0.6) is 0 Å². The smallest absolute Gasteiger partial charge is 0.292 e. The molecule has 4 rings (SSSR count). The molecule has 29 heavy (non-hydrogen) atoms. The van der Waals surface area contributed by atoms with E-state index in [0.29, 0.717) is 17.0 Å². The average Bonchev–Trinajstić information content (AvgIpc) is 3.01. The van der Waals surface area contributed by atoms with E-state index in [0.717, 1.165) is 36.8 Å². The Labute approximate surface area is 179 Å². The molecule has 1 N–H and O–H groups in total. The average molecular weight is 429 g/mol. The molecule has 1 heterocycles. The Morgan fingerprint density at radius 2 is 1.66 bits per heavy atom. The molecule has 0 atom stereocenters. The Morgan fingerprint density at radius 3 is 2.38 bits per heavy atom.